The number of pyridine rings is 1. The summed E-state index contributed by atoms with van der Waals surface area (Å²) in [4.78, 5) is 8.42. The maximum absolute atomic E-state index is 13.9. The maximum atomic E-state index is 13.9. The van der Waals surface area contributed by atoms with Gasteiger partial charge in [0.15, 0.2) is 0 Å². The van der Waals surface area contributed by atoms with Crippen molar-refractivity contribution in [2.75, 3.05) is 6.54 Å². The molecule has 0 aliphatic rings. The summed E-state index contributed by atoms with van der Waals surface area (Å²) in [6.07, 6.45) is 4.70. The van der Waals surface area contributed by atoms with E-state index in [1.807, 2.05) is 11.6 Å². The summed E-state index contributed by atoms with van der Waals surface area (Å²) < 4.78 is 15.8. The molecular formula is C14H20FN5. The van der Waals surface area contributed by atoms with Crippen molar-refractivity contribution in [2.24, 2.45) is 0 Å². The van der Waals surface area contributed by atoms with Crippen LogP contribution < -0.4 is 5.32 Å². The van der Waals surface area contributed by atoms with Gasteiger partial charge in [0.05, 0.1) is 11.7 Å². The Hall–Kier alpha value is -1.82. The number of hydrogen-bond donors (Lipinski definition) is 1. The molecule has 0 aromatic carbocycles. The molecule has 2 rings (SSSR count). The van der Waals surface area contributed by atoms with Gasteiger partial charge < -0.3 is 5.32 Å². The minimum absolute atomic E-state index is 0.189. The van der Waals surface area contributed by atoms with Crippen LogP contribution in [0.4, 0.5) is 4.39 Å². The van der Waals surface area contributed by atoms with Gasteiger partial charge in [0.2, 0.25) is 0 Å². The summed E-state index contributed by atoms with van der Waals surface area (Å²) in [5.74, 6) is 0.551. The fourth-order valence-electron chi connectivity index (χ4n) is 2.13. The van der Waals surface area contributed by atoms with Crippen LogP contribution in [0.5, 0.6) is 0 Å². The molecule has 0 radical (unpaired) electrons. The molecule has 0 fully saturated rings. The average molecular weight is 277 g/mol. The summed E-state index contributed by atoms with van der Waals surface area (Å²) in [5.41, 5.74) is 0.437. The third-order valence-corrected chi connectivity index (χ3v) is 3.14. The van der Waals surface area contributed by atoms with E-state index >= 15 is 0 Å². The number of aromatic nitrogens is 4. The summed E-state index contributed by atoms with van der Waals surface area (Å²) in [7, 11) is 0. The highest BCUT2D eigenvalue weighted by Crippen LogP contribution is 2.18. The zero-order valence-electron chi connectivity index (χ0n) is 11.9. The number of aryl methyl sites for hydroxylation is 1. The zero-order valence-corrected chi connectivity index (χ0v) is 11.9. The second-order valence-corrected chi connectivity index (χ2v) is 4.57. The summed E-state index contributed by atoms with van der Waals surface area (Å²) in [5, 5.41) is 7.48. The second-order valence-electron chi connectivity index (χ2n) is 4.57. The molecule has 0 saturated heterocycles. The van der Waals surface area contributed by atoms with Gasteiger partial charge in [-0.1, -0.05) is 6.92 Å². The lowest BCUT2D eigenvalue weighted by Crippen LogP contribution is -2.27. The van der Waals surface area contributed by atoms with E-state index in [1.165, 1.54) is 12.4 Å². The molecule has 20 heavy (non-hydrogen) atoms. The van der Waals surface area contributed by atoms with Crippen LogP contribution in [0, 0.1) is 5.82 Å². The van der Waals surface area contributed by atoms with E-state index in [4.69, 9.17) is 0 Å². The normalized spacial score (nSPS) is 12.6. The van der Waals surface area contributed by atoms with Gasteiger partial charge in [-0.3, -0.25) is 9.67 Å². The second kappa shape index (κ2) is 7.09. The Labute approximate surface area is 118 Å². The third-order valence-electron chi connectivity index (χ3n) is 3.14. The van der Waals surface area contributed by atoms with Crippen LogP contribution in [0.1, 0.15) is 37.8 Å². The Morgan fingerprint density at radius 2 is 2.20 bits per heavy atom. The molecule has 1 unspecified atom stereocenters. The number of nitrogens with one attached hydrogen (secondary N) is 1. The van der Waals surface area contributed by atoms with Crippen molar-refractivity contribution in [2.45, 2.75) is 39.3 Å². The van der Waals surface area contributed by atoms with Crippen molar-refractivity contribution in [3.8, 4) is 0 Å². The van der Waals surface area contributed by atoms with Crippen LogP contribution in [-0.4, -0.2) is 26.3 Å². The zero-order chi connectivity index (χ0) is 14.4. The minimum atomic E-state index is -0.288. The lowest BCUT2D eigenvalue weighted by atomic mass is 10.1. The van der Waals surface area contributed by atoms with Gasteiger partial charge in [-0.25, -0.2) is 9.37 Å². The maximum Gasteiger partial charge on any atom is 0.146 e. The van der Waals surface area contributed by atoms with Crippen molar-refractivity contribution in [3.63, 3.8) is 0 Å². The summed E-state index contributed by atoms with van der Waals surface area (Å²) in [6, 6.07) is 2.85. The summed E-state index contributed by atoms with van der Waals surface area (Å²) in [6.45, 7) is 5.64. The molecule has 0 aliphatic carbocycles. The largest absolute Gasteiger partial charge is 0.308 e. The van der Waals surface area contributed by atoms with E-state index in [-0.39, 0.29) is 11.9 Å². The Morgan fingerprint density at radius 3 is 2.90 bits per heavy atom. The molecular weight excluding hydrogens is 257 g/mol. The van der Waals surface area contributed by atoms with Crippen molar-refractivity contribution < 1.29 is 4.39 Å². The van der Waals surface area contributed by atoms with Crippen molar-refractivity contribution >= 4 is 0 Å². The van der Waals surface area contributed by atoms with Crippen LogP contribution in [0.2, 0.25) is 0 Å². The van der Waals surface area contributed by atoms with E-state index in [1.54, 1.807) is 12.3 Å². The van der Waals surface area contributed by atoms with Crippen LogP contribution >= 0.6 is 0 Å². The highest BCUT2D eigenvalue weighted by atomic mass is 19.1. The number of rotatable bonds is 7. The van der Waals surface area contributed by atoms with Crippen LogP contribution in [-0.2, 0) is 13.0 Å². The monoisotopic (exact) mass is 277 g/mol. The summed E-state index contributed by atoms with van der Waals surface area (Å²) >= 11 is 0. The highest BCUT2D eigenvalue weighted by molar-refractivity contribution is 5.13. The molecule has 0 amide bonds. The lowest BCUT2D eigenvalue weighted by Gasteiger charge is -2.18. The van der Waals surface area contributed by atoms with Crippen LogP contribution in [0.15, 0.2) is 24.7 Å². The Bertz CT molecular complexity index is 540. The molecule has 5 nitrogen and oxygen atoms in total. The minimum Gasteiger partial charge on any atom is -0.308 e. The van der Waals surface area contributed by atoms with E-state index in [2.05, 4.69) is 27.3 Å². The fraction of sp³-hybridized carbons (Fsp3) is 0.500. The van der Waals surface area contributed by atoms with E-state index in [0.717, 1.165) is 25.3 Å². The first-order chi connectivity index (χ1) is 9.76. The number of halogens is 1. The Morgan fingerprint density at radius 1 is 1.35 bits per heavy atom. The topological polar surface area (TPSA) is 55.6 Å². The first-order valence-corrected chi connectivity index (χ1v) is 6.96. The molecule has 2 aromatic heterocycles. The SMILES string of the molecule is CCCNC(Cc1ncnn1CC)c1ncccc1F. The van der Waals surface area contributed by atoms with Gasteiger partial charge >= 0.3 is 0 Å². The molecule has 108 valence electrons. The van der Waals surface area contributed by atoms with E-state index in [9.17, 15) is 4.39 Å². The van der Waals surface area contributed by atoms with Gasteiger partial charge in [0, 0.05) is 19.2 Å². The molecule has 1 atom stereocenters. The van der Waals surface area contributed by atoms with Gasteiger partial charge in [0.25, 0.3) is 0 Å². The molecule has 1 N–H and O–H groups in total. The molecule has 2 heterocycles. The van der Waals surface area contributed by atoms with Crippen LogP contribution in [0.3, 0.4) is 0 Å². The number of hydrogen-bond acceptors (Lipinski definition) is 4. The highest BCUT2D eigenvalue weighted by Gasteiger charge is 2.19. The van der Waals surface area contributed by atoms with Gasteiger partial charge in [0.1, 0.15) is 18.0 Å². The van der Waals surface area contributed by atoms with Gasteiger partial charge in [-0.15, -0.1) is 0 Å². The van der Waals surface area contributed by atoms with Crippen LogP contribution in [0.25, 0.3) is 0 Å². The molecule has 6 heteroatoms. The first kappa shape index (κ1) is 14.6. The smallest absolute Gasteiger partial charge is 0.146 e. The molecule has 0 saturated carbocycles. The predicted octanol–water partition coefficient (Wildman–Crippen LogP) is 2.12. The molecule has 0 spiro atoms. The lowest BCUT2D eigenvalue weighted by molar-refractivity contribution is 0.463. The Kier molecular flexibility index (Phi) is 5.17. The molecule has 0 bridgehead atoms. The number of nitrogens with zero attached hydrogens (tertiary/aromatic N) is 4. The fourth-order valence-corrected chi connectivity index (χ4v) is 2.13. The van der Waals surface area contributed by atoms with Gasteiger partial charge in [-0.2, -0.15) is 5.10 Å². The van der Waals surface area contributed by atoms with Crippen molar-refractivity contribution in [1.29, 1.82) is 0 Å². The third kappa shape index (κ3) is 3.39. The quantitative estimate of drug-likeness (QED) is 0.842. The average Bonchev–Trinajstić information content (AvgIpc) is 2.91. The van der Waals surface area contributed by atoms with Crippen molar-refractivity contribution in [1.82, 2.24) is 25.1 Å². The van der Waals surface area contributed by atoms with Gasteiger partial charge in [-0.05, 0) is 32.0 Å². The molecule has 0 aliphatic heterocycles. The van der Waals surface area contributed by atoms with E-state index < -0.39 is 0 Å². The predicted molar refractivity (Wildman–Crippen MR) is 74.6 cm³/mol. The first-order valence-electron chi connectivity index (χ1n) is 6.96. The molecule has 2 aromatic rings. The van der Waals surface area contributed by atoms with E-state index in [0.29, 0.717) is 12.1 Å². The Balaban J connectivity index is 2.22. The standard InChI is InChI=1S/C14H20FN5/c1-3-7-16-12(14-11(15)6-5-8-17-14)9-13-18-10-19-20(13)4-2/h5-6,8,10,12,16H,3-4,7,9H2,1-2H3. The van der Waals surface area contributed by atoms with Crippen molar-refractivity contribution in [3.05, 3.63) is 42.0 Å².